The van der Waals surface area contributed by atoms with Gasteiger partial charge in [-0.1, -0.05) is 12.1 Å². The Morgan fingerprint density at radius 2 is 1.96 bits per heavy atom. The zero-order valence-corrected chi connectivity index (χ0v) is 14.5. The van der Waals surface area contributed by atoms with Crippen LogP contribution in [-0.4, -0.2) is 54.2 Å². The number of carbonyl (C=O) groups excluding carboxylic acids is 1. The van der Waals surface area contributed by atoms with Crippen molar-refractivity contribution < 1.29 is 24.1 Å². The molecule has 24 heavy (non-hydrogen) atoms. The van der Waals surface area contributed by atoms with Gasteiger partial charge in [-0.25, -0.2) is 0 Å². The molecule has 1 amide bonds. The van der Waals surface area contributed by atoms with Crippen LogP contribution in [0.5, 0.6) is 5.75 Å². The smallest absolute Gasteiger partial charge is 0.263 e. The van der Waals surface area contributed by atoms with Crippen molar-refractivity contribution in [1.82, 2.24) is 5.32 Å². The van der Waals surface area contributed by atoms with Crippen LogP contribution in [0.1, 0.15) is 25.0 Å². The van der Waals surface area contributed by atoms with E-state index in [2.05, 4.69) is 5.32 Å². The predicted octanol–water partition coefficient (Wildman–Crippen LogP) is 1.10. The third-order valence-corrected chi connectivity index (χ3v) is 4.81. The molecule has 0 aliphatic carbocycles. The van der Waals surface area contributed by atoms with E-state index < -0.39 is 11.7 Å². The molecule has 4 atom stereocenters. The maximum Gasteiger partial charge on any atom is 0.263 e. The average Bonchev–Trinajstić information content (AvgIpc) is 3.08. The zero-order valence-electron chi connectivity index (χ0n) is 14.5. The van der Waals surface area contributed by atoms with E-state index in [4.69, 9.17) is 14.2 Å². The highest BCUT2D eigenvalue weighted by atomic mass is 16.6. The first-order chi connectivity index (χ1) is 11.3. The first kappa shape index (κ1) is 17.2. The van der Waals surface area contributed by atoms with Crippen molar-refractivity contribution in [3.05, 3.63) is 29.3 Å². The summed E-state index contributed by atoms with van der Waals surface area (Å²) in [4.78, 5) is 12.7. The summed E-state index contributed by atoms with van der Waals surface area (Å²) < 4.78 is 17.1. The number of carbonyl (C=O) groups is 1. The molecule has 2 aliphatic heterocycles. The van der Waals surface area contributed by atoms with E-state index in [0.717, 1.165) is 11.1 Å². The SMILES string of the molecule is Cc1cccc(OC(C)(C)C(=O)N[C@@H]2CO[C@H]3[C@@H]2OC[C@H]3O)c1C. The third kappa shape index (κ3) is 3.14. The van der Waals surface area contributed by atoms with Crippen molar-refractivity contribution in [2.45, 2.75) is 57.6 Å². The summed E-state index contributed by atoms with van der Waals surface area (Å²) in [5.74, 6) is 0.464. The first-order valence-electron chi connectivity index (χ1n) is 8.27. The minimum atomic E-state index is -1.03. The second-order valence-corrected chi connectivity index (χ2v) is 7.05. The third-order valence-electron chi connectivity index (χ3n) is 4.81. The molecule has 6 nitrogen and oxygen atoms in total. The van der Waals surface area contributed by atoms with Crippen molar-refractivity contribution >= 4 is 5.91 Å². The minimum Gasteiger partial charge on any atom is -0.478 e. The summed E-state index contributed by atoms with van der Waals surface area (Å²) >= 11 is 0. The summed E-state index contributed by atoms with van der Waals surface area (Å²) in [5.41, 5.74) is 1.10. The maximum atomic E-state index is 12.7. The molecule has 0 spiro atoms. The fourth-order valence-electron chi connectivity index (χ4n) is 3.10. The van der Waals surface area contributed by atoms with Crippen LogP contribution in [0.2, 0.25) is 0 Å². The highest BCUT2D eigenvalue weighted by Crippen LogP contribution is 2.28. The normalized spacial score (nSPS) is 29.4. The van der Waals surface area contributed by atoms with Gasteiger partial charge in [-0.2, -0.15) is 0 Å². The van der Waals surface area contributed by atoms with Crippen LogP contribution in [0.4, 0.5) is 0 Å². The number of aliphatic hydroxyl groups excluding tert-OH is 1. The Kier molecular flexibility index (Phi) is 4.55. The Labute approximate surface area is 142 Å². The van der Waals surface area contributed by atoms with E-state index in [-0.39, 0.29) is 30.8 Å². The van der Waals surface area contributed by atoms with Crippen molar-refractivity contribution in [2.24, 2.45) is 0 Å². The second-order valence-electron chi connectivity index (χ2n) is 7.05. The van der Waals surface area contributed by atoms with Crippen LogP contribution in [0.25, 0.3) is 0 Å². The van der Waals surface area contributed by atoms with Gasteiger partial charge in [0.2, 0.25) is 0 Å². The van der Waals surface area contributed by atoms with E-state index in [1.165, 1.54) is 0 Å². The number of ether oxygens (including phenoxy) is 3. The Bertz CT molecular complexity index is 630. The molecule has 3 rings (SSSR count). The van der Waals surface area contributed by atoms with Gasteiger partial charge in [-0.15, -0.1) is 0 Å². The number of aliphatic hydroxyl groups is 1. The number of amides is 1. The maximum absolute atomic E-state index is 12.7. The lowest BCUT2D eigenvalue weighted by atomic mass is 10.0. The van der Waals surface area contributed by atoms with Crippen molar-refractivity contribution in [1.29, 1.82) is 0 Å². The molecular formula is C18H25NO5. The molecule has 2 heterocycles. The van der Waals surface area contributed by atoms with E-state index in [9.17, 15) is 9.90 Å². The Balaban J connectivity index is 1.66. The summed E-state index contributed by atoms with van der Waals surface area (Å²) in [6.07, 6.45) is -1.30. The molecule has 2 fully saturated rings. The second kappa shape index (κ2) is 6.35. The lowest BCUT2D eigenvalue weighted by molar-refractivity contribution is -0.135. The van der Waals surface area contributed by atoms with Gasteiger partial charge in [0.25, 0.3) is 5.91 Å². The van der Waals surface area contributed by atoms with Crippen LogP contribution in [0.15, 0.2) is 18.2 Å². The topological polar surface area (TPSA) is 77.0 Å². The van der Waals surface area contributed by atoms with E-state index in [1.807, 2.05) is 32.0 Å². The van der Waals surface area contributed by atoms with Gasteiger partial charge in [-0.3, -0.25) is 4.79 Å². The lowest BCUT2D eigenvalue weighted by Gasteiger charge is -2.29. The number of nitrogens with one attached hydrogen (secondary N) is 1. The van der Waals surface area contributed by atoms with Crippen LogP contribution in [-0.2, 0) is 14.3 Å². The molecule has 0 unspecified atom stereocenters. The molecule has 0 saturated carbocycles. The quantitative estimate of drug-likeness (QED) is 0.862. The molecule has 1 aromatic rings. The number of benzene rings is 1. The lowest BCUT2D eigenvalue weighted by Crippen LogP contribution is -2.53. The van der Waals surface area contributed by atoms with E-state index in [0.29, 0.717) is 12.4 Å². The standard InChI is InChI=1S/C18H25NO5/c1-10-6-5-7-14(11(10)2)24-18(3,4)17(21)19-12-8-22-16-13(20)9-23-15(12)16/h5-7,12-13,15-16,20H,8-9H2,1-4H3,(H,19,21)/t12-,13-,15-,16-/m1/s1. The molecule has 132 valence electrons. The highest BCUT2D eigenvalue weighted by Gasteiger charge is 2.48. The van der Waals surface area contributed by atoms with Crippen LogP contribution >= 0.6 is 0 Å². The monoisotopic (exact) mass is 335 g/mol. The molecule has 2 saturated heterocycles. The summed E-state index contributed by atoms with van der Waals surface area (Å²) in [6.45, 7) is 8.03. The Hall–Kier alpha value is -1.63. The van der Waals surface area contributed by atoms with Gasteiger partial charge >= 0.3 is 0 Å². The van der Waals surface area contributed by atoms with Crippen molar-refractivity contribution in [3.63, 3.8) is 0 Å². The number of hydrogen-bond acceptors (Lipinski definition) is 5. The molecule has 6 heteroatoms. The van der Waals surface area contributed by atoms with Crippen LogP contribution < -0.4 is 10.1 Å². The van der Waals surface area contributed by atoms with Gasteiger partial charge in [0.15, 0.2) is 5.60 Å². The zero-order chi connectivity index (χ0) is 17.5. The summed E-state index contributed by atoms with van der Waals surface area (Å²) in [7, 11) is 0. The molecular weight excluding hydrogens is 310 g/mol. The van der Waals surface area contributed by atoms with E-state index >= 15 is 0 Å². The van der Waals surface area contributed by atoms with Gasteiger partial charge in [0, 0.05) is 0 Å². The van der Waals surface area contributed by atoms with Gasteiger partial charge in [0.05, 0.1) is 19.3 Å². The molecule has 2 aliphatic rings. The number of hydrogen-bond donors (Lipinski definition) is 2. The first-order valence-corrected chi connectivity index (χ1v) is 8.27. The minimum absolute atomic E-state index is 0.234. The summed E-state index contributed by atoms with van der Waals surface area (Å²) in [5, 5.41) is 12.7. The molecule has 0 aromatic heterocycles. The van der Waals surface area contributed by atoms with E-state index in [1.54, 1.807) is 13.8 Å². The molecule has 0 radical (unpaired) electrons. The number of aryl methyl sites for hydroxylation is 1. The fraction of sp³-hybridized carbons (Fsp3) is 0.611. The number of rotatable bonds is 4. The Morgan fingerprint density at radius 3 is 2.71 bits per heavy atom. The van der Waals surface area contributed by atoms with Gasteiger partial charge in [0.1, 0.15) is 24.1 Å². The highest BCUT2D eigenvalue weighted by molar-refractivity contribution is 5.85. The molecule has 0 bridgehead atoms. The predicted molar refractivity (Wildman–Crippen MR) is 88.0 cm³/mol. The average molecular weight is 335 g/mol. The fourth-order valence-corrected chi connectivity index (χ4v) is 3.10. The molecule has 1 aromatic carbocycles. The molecule has 2 N–H and O–H groups in total. The van der Waals surface area contributed by atoms with Crippen molar-refractivity contribution in [3.8, 4) is 5.75 Å². The van der Waals surface area contributed by atoms with Crippen LogP contribution in [0.3, 0.4) is 0 Å². The van der Waals surface area contributed by atoms with Crippen LogP contribution in [0, 0.1) is 13.8 Å². The number of fused-ring (bicyclic) bond motifs is 1. The van der Waals surface area contributed by atoms with Gasteiger partial charge < -0.3 is 24.6 Å². The Morgan fingerprint density at radius 1 is 1.25 bits per heavy atom. The largest absolute Gasteiger partial charge is 0.478 e. The van der Waals surface area contributed by atoms with Gasteiger partial charge in [-0.05, 0) is 44.9 Å². The van der Waals surface area contributed by atoms with Crippen molar-refractivity contribution in [2.75, 3.05) is 13.2 Å². The summed E-state index contributed by atoms with van der Waals surface area (Å²) in [6, 6.07) is 5.51.